The molecule has 0 saturated carbocycles. The predicted molar refractivity (Wildman–Crippen MR) is 48.8 cm³/mol. The number of carbonyl (C=O) groups is 1. The number of esters is 1. The van der Waals surface area contributed by atoms with E-state index in [1.54, 1.807) is 6.08 Å². The van der Waals surface area contributed by atoms with Crippen molar-refractivity contribution < 1.29 is 9.53 Å². The van der Waals surface area contributed by atoms with Crippen molar-refractivity contribution in [2.24, 2.45) is 5.92 Å². The Hall–Kier alpha value is -0.830. The van der Waals surface area contributed by atoms with Crippen LogP contribution < -0.4 is 5.32 Å². The molecule has 0 aromatic carbocycles. The summed E-state index contributed by atoms with van der Waals surface area (Å²) in [6.07, 6.45) is 1.76. The largest absolute Gasteiger partial charge is 0.469 e. The molecule has 2 unspecified atom stereocenters. The first kappa shape index (κ1) is 11.2. The van der Waals surface area contributed by atoms with Crippen LogP contribution in [0.4, 0.5) is 0 Å². The van der Waals surface area contributed by atoms with Crippen molar-refractivity contribution in [2.75, 3.05) is 13.7 Å². The molecule has 0 aromatic rings. The zero-order valence-corrected chi connectivity index (χ0v) is 7.96. The summed E-state index contributed by atoms with van der Waals surface area (Å²) in [5.74, 6) is -0.297. The third-order valence-electron chi connectivity index (χ3n) is 1.91. The summed E-state index contributed by atoms with van der Waals surface area (Å²) in [5.41, 5.74) is 0. The summed E-state index contributed by atoms with van der Waals surface area (Å²) in [4.78, 5) is 11.0. The van der Waals surface area contributed by atoms with E-state index in [-0.39, 0.29) is 17.9 Å². The van der Waals surface area contributed by atoms with Gasteiger partial charge < -0.3 is 10.1 Å². The minimum absolute atomic E-state index is 0.116. The lowest BCUT2D eigenvalue weighted by molar-refractivity contribution is -0.145. The van der Waals surface area contributed by atoms with Gasteiger partial charge in [0.05, 0.1) is 13.0 Å². The average molecular weight is 171 g/mol. The lowest BCUT2D eigenvalue weighted by Crippen LogP contribution is -2.36. The van der Waals surface area contributed by atoms with Crippen LogP contribution in [0.3, 0.4) is 0 Å². The molecule has 2 atom stereocenters. The fraction of sp³-hybridized carbons (Fsp3) is 0.667. The summed E-state index contributed by atoms with van der Waals surface area (Å²) in [7, 11) is 1.40. The van der Waals surface area contributed by atoms with E-state index in [1.165, 1.54) is 7.11 Å². The first-order chi connectivity index (χ1) is 5.63. The van der Waals surface area contributed by atoms with E-state index in [2.05, 4.69) is 16.6 Å². The smallest absolute Gasteiger partial charge is 0.309 e. The van der Waals surface area contributed by atoms with Gasteiger partial charge in [0.1, 0.15) is 0 Å². The second-order valence-electron chi connectivity index (χ2n) is 2.80. The van der Waals surface area contributed by atoms with Crippen molar-refractivity contribution in [3.63, 3.8) is 0 Å². The molecule has 0 radical (unpaired) electrons. The Morgan fingerprint density at radius 1 is 1.67 bits per heavy atom. The highest BCUT2D eigenvalue weighted by Crippen LogP contribution is 2.03. The Labute approximate surface area is 73.8 Å². The highest BCUT2D eigenvalue weighted by Gasteiger charge is 2.19. The third-order valence-corrected chi connectivity index (χ3v) is 1.91. The molecular formula is C9H17NO2. The van der Waals surface area contributed by atoms with Crippen LogP contribution >= 0.6 is 0 Å². The van der Waals surface area contributed by atoms with Gasteiger partial charge in [-0.25, -0.2) is 0 Å². The zero-order chi connectivity index (χ0) is 9.56. The van der Waals surface area contributed by atoms with E-state index >= 15 is 0 Å². The van der Waals surface area contributed by atoms with Crippen LogP contribution in [0.2, 0.25) is 0 Å². The molecule has 70 valence electrons. The first-order valence-corrected chi connectivity index (χ1v) is 4.05. The van der Waals surface area contributed by atoms with Gasteiger partial charge in [-0.3, -0.25) is 4.79 Å². The highest BCUT2D eigenvalue weighted by molar-refractivity contribution is 5.72. The van der Waals surface area contributed by atoms with Gasteiger partial charge in [-0.15, -0.1) is 6.58 Å². The molecule has 3 nitrogen and oxygen atoms in total. The standard InChI is InChI=1S/C9H17NO2/c1-5-6-10-8(3)7(2)9(11)12-4/h5,7-8,10H,1,6H2,2-4H3. The van der Waals surface area contributed by atoms with Crippen LogP contribution in [0.15, 0.2) is 12.7 Å². The Bertz CT molecular complexity index is 157. The molecule has 0 fully saturated rings. The van der Waals surface area contributed by atoms with Gasteiger partial charge in [0.2, 0.25) is 0 Å². The number of ether oxygens (including phenoxy) is 1. The number of hydrogen-bond acceptors (Lipinski definition) is 3. The molecular weight excluding hydrogens is 154 g/mol. The van der Waals surface area contributed by atoms with Crippen molar-refractivity contribution >= 4 is 5.97 Å². The Morgan fingerprint density at radius 2 is 2.25 bits per heavy atom. The van der Waals surface area contributed by atoms with Gasteiger partial charge in [-0.2, -0.15) is 0 Å². The third kappa shape index (κ3) is 3.53. The molecule has 0 aliphatic heterocycles. The number of hydrogen-bond donors (Lipinski definition) is 1. The molecule has 0 aliphatic carbocycles. The maximum atomic E-state index is 11.0. The van der Waals surface area contributed by atoms with Crippen molar-refractivity contribution in [3.8, 4) is 0 Å². The van der Waals surface area contributed by atoms with Crippen molar-refractivity contribution in [2.45, 2.75) is 19.9 Å². The average Bonchev–Trinajstić information content (AvgIpc) is 2.11. The summed E-state index contributed by atoms with van der Waals surface area (Å²) in [6.45, 7) is 8.08. The van der Waals surface area contributed by atoms with Crippen LogP contribution in [-0.2, 0) is 9.53 Å². The molecule has 0 amide bonds. The number of methoxy groups -OCH3 is 1. The minimum Gasteiger partial charge on any atom is -0.469 e. The Morgan fingerprint density at radius 3 is 2.67 bits per heavy atom. The second kappa shape index (κ2) is 5.77. The summed E-state index contributed by atoms with van der Waals surface area (Å²) in [6, 6.07) is 0.121. The summed E-state index contributed by atoms with van der Waals surface area (Å²) >= 11 is 0. The molecule has 0 saturated heterocycles. The number of nitrogens with one attached hydrogen (secondary N) is 1. The molecule has 0 aliphatic rings. The van der Waals surface area contributed by atoms with Crippen molar-refractivity contribution in [1.29, 1.82) is 0 Å². The van der Waals surface area contributed by atoms with E-state index in [1.807, 2.05) is 13.8 Å². The van der Waals surface area contributed by atoms with Gasteiger partial charge in [0.15, 0.2) is 0 Å². The van der Waals surface area contributed by atoms with Gasteiger partial charge in [0.25, 0.3) is 0 Å². The number of rotatable bonds is 5. The monoisotopic (exact) mass is 171 g/mol. The van der Waals surface area contributed by atoms with Crippen molar-refractivity contribution in [1.82, 2.24) is 5.32 Å². The fourth-order valence-corrected chi connectivity index (χ4v) is 0.836. The van der Waals surface area contributed by atoms with Crippen molar-refractivity contribution in [3.05, 3.63) is 12.7 Å². The van der Waals surface area contributed by atoms with Gasteiger partial charge in [0, 0.05) is 12.6 Å². The second-order valence-corrected chi connectivity index (χ2v) is 2.80. The van der Waals surface area contributed by atoms with Gasteiger partial charge in [-0.05, 0) is 6.92 Å². The molecule has 0 aromatic heterocycles. The van der Waals surface area contributed by atoms with Crippen LogP contribution in [0.5, 0.6) is 0 Å². The van der Waals surface area contributed by atoms with E-state index in [4.69, 9.17) is 0 Å². The predicted octanol–water partition coefficient (Wildman–Crippen LogP) is 0.960. The van der Waals surface area contributed by atoms with Crippen LogP contribution in [0.25, 0.3) is 0 Å². The van der Waals surface area contributed by atoms with Crippen LogP contribution in [-0.4, -0.2) is 25.7 Å². The first-order valence-electron chi connectivity index (χ1n) is 4.05. The van der Waals surface area contributed by atoms with Gasteiger partial charge in [-0.1, -0.05) is 13.0 Å². The molecule has 0 heterocycles. The maximum absolute atomic E-state index is 11.0. The van der Waals surface area contributed by atoms with E-state index in [9.17, 15) is 4.79 Å². The molecule has 0 rings (SSSR count). The Balaban J connectivity index is 3.82. The Kier molecular flexibility index (Phi) is 5.37. The summed E-state index contributed by atoms with van der Waals surface area (Å²) in [5, 5.41) is 3.13. The lowest BCUT2D eigenvalue weighted by Gasteiger charge is -2.17. The summed E-state index contributed by atoms with van der Waals surface area (Å²) < 4.78 is 4.61. The molecule has 3 heteroatoms. The normalized spacial score (nSPS) is 14.9. The van der Waals surface area contributed by atoms with Crippen LogP contribution in [0.1, 0.15) is 13.8 Å². The maximum Gasteiger partial charge on any atom is 0.309 e. The number of carbonyl (C=O) groups excluding carboxylic acids is 1. The van der Waals surface area contributed by atoms with Crippen LogP contribution in [0, 0.1) is 5.92 Å². The SMILES string of the molecule is C=CCNC(C)C(C)C(=O)OC. The molecule has 1 N–H and O–H groups in total. The molecule has 12 heavy (non-hydrogen) atoms. The van der Waals surface area contributed by atoms with Gasteiger partial charge >= 0.3 is 5.97 Å². The minimum atomic E-state index is -0.181. The topological polar surface area (TPSA) is 38.3 Å². The van der Waals surface area contributed by atoms with E-state index < -0.39 is 0 Å². The highest BCUT2D eigenvalue weighted by atomic mass is 16.5. The lowest BCUT2D eigenvalue weighted by atomic mass is 10.0. The zero-order valence-electron chi connectivity index (χ0n) is 7.96. The molecule has 0 spiro atoms. The van der Waals surface area contributed by atoms with E-state index in [0.29, 0.717) is 6.54 Å². The fourth-order valence-electron chi connectivity index (χ4n) is 0.836. The van der Waals surface area contributed by atoms with E-state index in [0.717, 1.165) is 0 Å². The molecule has 0 bridgehead atoms. The quantitative estimate of drug-likeness (QED) is 0.494.